The summed E-state index contributed by atoms with van der Waals surface area (Å²) in [5.41, 5.74) is 5.39. The lowest BCUT2D eigenvalue weighted by atomic mass is 9.98. The van der Waals surface area contributed by atoms with E-state index in [4.69, 9.17) is 9.84 Å². The maximum Gasteiger partial charge on any atom is 0.411 e. The van der Waals surface area contributed by atoms with Crippen molar-refractivity contribution in [3.63, 3.8) is 0 Å². The molecule has 0 aromatic heterocycles. The SMILES string of the molecule is CC(CCNC(=O)c1cc(I)cc(NC(=O)OCC2c3ccccc3-c3ccccc32)c1)C(=O)O. The Balaban J connectivity index is 1.38. The van der Waals surface area contributed by atoms with Crippen LogP contribution in [-0.4, -0.2) is 36.2 Å². The van der Waals surface area contributed by atoms with E-state index >= 15 is 0 Å². The number of carbonyl (C=O) groups is 3. The summed E-state index contributed by atoms with van der Waals surface area (Å²) in [6.07, 6.45) is -0.272. The number of carbonyl (C=O) groups excluding carboxylic acids is 2. The van der Waals surface area contributed by atoms with E-state index in [1.807, 2.05) is 24.3 Å². The Morgan fingerprint density at radius 1 is 1.00 bits per heavy atom. The standard InChI is InChI=1S/C27H25IN2O5/c1-16(26(32)33)10-11-29-25(31)17-12-18(28)14-19(13-17)30-27(34)35-15-24-22-8-4-2-6-20(22)21-7-3-5-9-23(21)24/h2-9,12-14,16,24H,10-11,15H2,1H3,(H,29,31)(H,30,34)(H,32,33). The summed E-state index contributed by atoms with van der Waals surface area (Å²) < 4.78 is 6.36. The van der Waals surface area contributed by atoms with E-state index in [0.717, 1.165) is 25.8 Å². The molecule has 180 valence electrons. The molecule has 4 rings (SSSR count). The molecule has 1 unspecified atom stereocenters. The van der Waals surface area contributed by atoms with Crippen LogP contribution in [0.3, 0.4) is 0 Å². The van der Waals surface area contributed by atoms with Crippen molar-refractivity contribution < 1.29 is 24.2 Å². The fourth-order valence-electron chi connectivity index (χ4n) is 4.17. The first-order valence-electron chi connectivity index (χ1n) is 11.3. The van der Waals surface area contributed by atoms with E-state index in [2.05, 4.69) is 57.5 Å². The van der Waals surface area contributed by atoms with Crippen LogP contribution in [0, 0.1) is 9.49 Å². The molecule has 1 aliphatic carbocycles. The molecule has 7 nitrogen and oxygen atoms in total. The van der Waals surface area contributed by atoms with Gasteiger partial charge in [0, 0.05) is 27.3 Å². The molecule has 0 fully saturated rings. The highest BCUT2D eigenvalue weighted by Crippen LogP contribution is 2.44. The molecule has 0 heterocycles. The first-order chi connectivity index (χ1) is 16.8. The van der Waals surface area contributed by atoms with Crippen LogP contribution in [0.25, 0.3) is 11.1 Å². The number of benzene rings is 3. The van der Waals surface area contributed by atoms with E-state index in [-0.39, 0.29) is 25.0 Å². The lowest BCUT2D eigenvalue weighted by molar-refractivity contribution is -0.141. The zero-order valence-corrected chi connectivity index (χ0v) is 21.2. The number of hydrogen-bond acceptors (Lipinski definition) is 4. The van der Waals surface area contributed by atoms with Crippen molar-refractivity contribution >= 4 is 46.2 Å². The molecule has 2 amide bonds. The van der Waals surface area contributed by atoms with Crippen molar-refractivity contribution in [2.24, 2.45) is 5.92 Å². The number of fused-ring (bicyclic) bond motifs is 3. The lowest BCUT2D eigenvalue weighted by Crippen LogP contribution is -2.27. The molecule has 3 aromatic carbocycles. The molecule has 0 radical (unpaired) electrons. The highest BCUT2D eigenvalue weighted by molar-refractivity contribution is 14.1. The number of nitrogens with one attached hydrogen (secondary N) is 2. The van der Waals surface area contributed by atoms with Crippen LogP contribution in [-0.2, 0) is 9.53 Å². The molecule has 35 heavy (non-hydrogen) atoms. The monoisotopic (exact) mass is 584 g/mol. The minimum atomic E-state index is -0.900. The second kappa shape index (κ2) is 10.9. The maximum absolute atomic E-state index is 12.6. The van der Waals surface area contributed by atoms with Crippen molar-refractivity contribution in [1.29, 1.82) is 0 Å². The van der Waals surface area contributed by atoms with Gasteiger partial charge in [-0.25, -0.2) is 4.79 Å². The predicted octanol–water partition coefficient (Wildman–Crippen LogP) is 5.49. The summed E-state index contributed by atoms with van der Waals surface area (Å²) >= 11 is 2.07. The molecule has 0 spiro atoms. The van der Waals surface area contributed by atoms with E-state index < -0.39 is 18.0 Å². The average molecular weight is 584 g/mol. The van der Waals surface area contributed by atoms with E-state index in [9.17, 15) is 14.4 Å². The zero-order valence-electron chi connectivity index (χ0n) is 19.1. The third-order valence-corrected chi connectivity index (χ3v) is 6.66. The van der Waals surface area contributed by atoms with Crippen LogP contribution in [0.4, 0.5) is 10.5 Å². The molecule has 1 atom stereocenters. The topological polar surface area (TPSA) is 105 Å². The summed E-state index contributed by atoms with van der Waals surface area (Å²) in [6.45, 7) is 2.03. The summed E-state index contributed by atoms with van der Waals surface area (Å²) in [4.78, 5) is 36.0. The summed E-state index contributed by atoms with van der Waals surface area (Å²) in [6, 6.07) is 21.3. The van der Waals surface area contributed by atoms with Gasteiger partial charge in [-0.3, -0.25) is 14.9 Å². The molecule has 8 heteroatoms. The van der Waals surface area contributed by atoms with Gasteiger partial charge in [0.05, 0.1) is 5.92 Å². The third kappa shape index (κ3) is 5.82. The van der Waals surface area contributed by atoms with Gasteiger partial charge in [0.15, 0.2) is 0 Å². The van der Waals surface area contributed by atoms with Crippen molar-refractivity contribution in [2.45, 2.75) is 19.3 Å². The number of halogens is 1. The Morgan fingerprint density at radius 2 is 1.63 bits per heavy atom. The van der Waals surface area contributed by atoms with Crippen LogP contribution in [0.2, 0.25) is 0 Å². The number of amides is 2. The number of carboxylic acid groups (broad SMARTS) is 1. The number of aliphatic carboxylic acids is 1. The highest BCUT2D eigenvalue weighted by atomic mass is 127. The Hall–Kier alpha value is -3.40. The lowest BCUT2D eigenvalue weighted by Gasteiger charge is -2.15. The van der Waals surface area contributed by atoms with Gasteiger partial charge in [-0.1, -0.05) is 55.5 Å². The minimum Gasteiger partial charge on any atom is -0.481 e. The van der Waals surface area contributed by atoms with Crippen molar-refractivity contribution in [1.82, 2.24) is 5.32 Å². The Labute approximate surface area is 217 Å². The Morgan fingerprint density at radius 3 is 2.26 bits per heavy atom. The van der Waals surface area contributed by atoms with Crippen LogP contribution in [0.15, 0.2) is 66.7 Å². The van der Waals surface area contributed by atoms with Gasteiger partial charge in [-0.2, -0.15) is 0 Å². The van der Waals surface area contributed by atoms with Crippen molar-refractivity contribution in [3.05, 3.63) is 87.0 Å². The van der Waals surface area contributed by atoms with E-state index in [1.165, 1.54) is 0 Å². The average Bonchev–Trinajstić information content (AvgIpc) is 3.16. The molecule has 3 N–H and O–H groups in total. The zero-order chi connectivity index (χ0) is 24.9. The van der Waals surface area contributed by atoms with Crippen LogP contribution in [0.1, 0.15) is 40.7 Å². The van der Waals surface area contributed by atoms with Crippen molar-refractivity contribution in [2.75, 3.05) is 18.5 Å². The molecule has 0 aliphatic heterocycles. The number of hydrogen-bond donors (Lipinski definition) is 3. The van der Waals surface area contributed by atoms with Gasteiger partial charge in [0.2, 0.25) is 0 Å². The molecule has 0 bridgehead atoms. The van der Waals surface area contributed by atoms with Gasteiger partial charge in [-0.05, 0) is 69.5 Å². The number of carboxylic acids is 1. The Kier molecular flexibility index (Phi) is 7.70. The quantitative estimate of drug-likeness (QED) is 0.304. The van der Waals surface area contributed by atoms with E-state index in [0.29, 0.717) is 17.7 Å². The van der Waals surface area contributed by atoms with Gasteiger partial charge >= 0.3 is 12.1 Å². The summed E-state index contributed by atoms with van der Waals surface area (Å²) in [7, 11) is 0. The molecule has 0 saturated heterocycles. The number of rotatable bonds is 8. The largest absolute Gasteiger partial charge is 0.481 e. The maximum atomic E-state index is 12.6. The number of ether oxygens (including phenoxy) is 1. The number of anilines is 1. The summed E-state index contributed by atoms with van der Waals surface area (Å²) in [5, 5.41) is 14.4. The highest BCUT2D eigenvalue weighted by Gasteiger charge is 2.29. The second-order valence-electron chi connectivity index (χ2n) is 8.46. The van der Waals surface area contributed by atoms with Crippen LogP contribution in [0.5, 0.6) is 0 Å². The first-order valence-corrected chi connectivity index (χ1v) is 12.3. The van der Waals surface area contributed by atoms with Gasteiger partial charge in [0.1, 0.15) is 6.61 Å². The fourth-order valence-corrected chi connectivity index (χ4v) is 4.84. The normalized spacial score (nSPS) is 12.9. The fraction of sp³-hybridized carbons (Fsp3) is 0.222. The third-order valence-electron chi connectivity index (χ3n) is 6.03. The van der Waals surface area contributed by atoms with Gasteiger partial charge in [0.25, 0.3) is 5.91 Å². The smallest absolute Gasteiger partial charge is 0.411 e. The predicted molar refractivity (Wildman–Crippen MR) is 142 cm³/mol. The molecule has 0 saturated carbocycles. The molecular formula is C27H25IN2O5. The van der Waals surface area contributed by atoms with Gasteiger partial charge in [-0.15, -0.1) is 0 Å². The van der Waals surface area contributed by atoms with Crippen LogP contribution < -0.4 is 10.6 Å². The Bertz CT molecular complexity index is 1230. The molecule has 3 aromatic rings. The van der Waals surface area contributed by atoms with Gasteiger partial charge < -0.3 is 15.2 Å². The van der Waals surface area contributed by atoms with Crippen LogP contribution >= 0.6 is 22.6 Å². The summed E-state index contributed by atoms with van der Waals surface area (Å²) in [5.74, 6) is -1.82. The molecular weight excluding hydrogens is 559 g/mol. The molecule has 1 aliphatic rings. The first kappa shape index (κ1) is 24.7. The second-order valence-corrected chi connectivity index (χ2v) is 9.71. The van der Waals surface area contributed by atoms with E-state index in [1.54, 1.807) is 25.1 Å². The minimum absolute atomic E-state index is 0.0430. The van der Waals surface area contributed by atoms with Crippen molar-refractivity contribution in [3.8, 4) is 11.1 Å².